The van der Waals surface area contributed by atoms with Gasteiger partial charge in [0.1, 0.15) is 17.3 Å². The zero-order chi connectivity index (χ0) is 25.9. The van der Waals surface area contributed by atoms with Crippen LogP contribution in [0.5, 0.6) is 5.75 Å². The van der Waals surface area contributed by atoms with Crippen LogP contribution in [0.4, 0.5) is 17.2 Å². The summed E-state index contributed by atoms with van der Waals surface area (Å²) in [4.78, 5) is 32.5. The Morgan fingerprint density at radius 2 is 1.86 bits per heavy atom. The topological polar surface area (TPSA) is 107 Å². The quantitative estimate of drug-likeness (QED) is 0.470. The molecule has 5 rings (SSSR count). The third-order valence-corrected chi connectivity index (χ3v) is 6.18. The van der Waals surface area contributed by atoms with Crippen LogP contribution in [0, 0.1) is 0 Å². The number of aromatic amines is 1. The molecule has 3 N–H and O–H groups in total. The van der Waals surface area contributed by atoms with E-state index in [1.54, 1.807) is 52.3 Å². The number of aromatic nitrogens is 1. The van der Waals surface area contributed by atoms with Gasteiger partial charge in [-0.3, -0.25) is 14.5 Å². The zero-order valence-corrected chi connectivity index (χ0v) is 20.8. The van der Waals surface area contributed by atoms with Gasteiger partial charge in [0.05, 0.1) is 19.3 Å². The predicted octanol–water partition coefficient (Wildman–Crippen LogP) is 4.01. The van der Waals surface area contributed by atoms with Gasteiger partial charge in [-0.1, -0.05) is 12.1 Å². The van der Waals surface area contributed by atoms with E-state index >= 15 is 0 Å². The summed E-state index contributed by atoms with van der Waals surface area (Å²) in [5.41, 5.74) is 2.88. The highest BCUT2D eigenvalue weighted by Crippen LogP contribution is 2.35. The van der Waals surface area contributed by atoms with Crippen LogP contribution in [0.15, 0.2) is 60.7 Å². The average Bonchev–Trinajstić information content (AvgIpc) is 3.34. The molecule has 1 saturated heterocycles. The van der Waals surface area contributed by atoms with Crippen molar-refractivity contribution in [2.45, 2.75) is 26.2 Å². The number of rotatable bonds is 6. The molecule has 1 unspecified atom stereocenters. The summed E-state index contributed by atoms with van der Waals surface area (Å²) >= 11 is 0. The van der Waals surface area contributed by atoms with Crippen LogP contribution in [-0.2, 0) is 4.74 Å². The summed E-state index contributed by atoms with van der Waals surface area (Å²) in [5.74, 6) is 0.902. The third kappa shape index (κ3) is 5.37. The number of carbonyl (C=O) groups excluding carboxylic acids is 2. The first-order chi connectivity index (χ1) is 17.9. The summed E-state index contributed by atoms with van der Waals surface area (Å²) in [5, 5.41) is 13.6. The monoisotopic (exact) mass is 502 g/mol. The van der Waals surface area contributed by atoms with Gasteiger partial charge in [0.25, 0.3) is 11.8 Å². The Balaban J connectivity index is 1.33. The lowest BCUT2D eigenvalue weighted by atomic mass is 10.1. The summed E-state index contributed by atoms with van der Waals surface area (Å²) in [6.07, 6.45) is 2.60. The van der Waals surface area contributed by atoms with Crippen molar-refractivity contribution in [3.8, 4) is 5.75 Å². The lowest BCUT2D eigenvalue weighted by Crippen LogP contribution is -2.40. The fourth-order valence-electron chi connectivity index (χ4n) is 4.43. The van der Waals surface area contributed by atoms with E-state index in [1.165, 1.54) is 0 Å². The van der Waals surface area contributed by atoms with Crippen molar-refractivity contribution in [3.63, 3.8) is 0 Å². The van der Waals surface area contributed by atoms with Crippen LogP contribution in [0.25, 0.3) is 6.08 Å². The molecule has 0 spiro atoms. The standard InChI is InChI=1S/C28H30N4O5/c1-18(2)37-23-9-7-22(8-10-23)32-25(33)11-6-19-17-24(30-26(19)32)27(34)29-21-5-3-4-20(16-21)28(35)31-12-14-36-15-13-31/h3-11,16-18,25,30,33H,12-15H2,1-2H3,(H,29,34). The van der Waals surface area contributed by atoms with E-state index in [2.05, 4.69) is 10.3 Å². The fraction of sp³-hybridized carbons (Fsp3) is 0.286. The first-order valence-electron chi connectivity index (χ1n) is 12.3. The van der Waals surface area contributed by atoms with E-state index in [-0.39, 0.29) is 17.9 Å². The normalized spacial score (nSPS) is 17.0. The number of H-pyrrole nitrogens is 1. The number of aliphatic hydroxyl groups excluding tert-OH is 1. The van der Waals surface area contributed by atoms with Crippen molar-refractivity contribution in [3.05, 3.63) is 77.5 Å². The molecule has 2 aromatic carbocycles. The average molecular weight is 503 g/mol. The van der Waals surface area contributed by atoms with E-state index in [0.717, 1.165) is 17.0 Å². The number of amides is 2. The lowest BCUT2D eigenvalue weighted by Gasteiger charge is -2.30. The Hall–Kier alpha value is -4.08. The molecule has 2 aliphatic heterocycles. The molecule has 2 amide bonds. The molecule has 1 aromatic heterocycles. The maximum absolute atomic E-state index is 13.1. The van der Waals surface area contributed by atoms with Gasteiger partial charge in [0, 0.05) is 35.6 Å². The molecule has 9 nitrogen and oxygen atoms in total. The van der Waals surface area contributed by atoms with Crippen LogP contribution >= 0.6 is 0 Å². The second-order valence-electron chi connectivity index (χ2n) is 9.23. The van der Waals surface area contributed by atoms with Crippen LogP contribution in [0.2, 0.25) is 0 Å². The second-order valence-corrected chi connectivity index (χ2v) is 9.23. The molecule has 0 radical (unpaired) electrons. The highest BCUT2D eigenvalue weighted by molar-refractivity contribution is 6.05. The van der Waals surface area contributed by atoms with Crippen molar-refractivity contribution < 1.29 is 24.2 Å². The Kier molecular flexibility index (Phi) is 6.98. The van der Waals surface area contributed by atoms with Crippen LogP contribution < -0.4 is 15.0 Å². The van der Waals surface area contributed by atoms with Gasteiger partial charge in [0.15, 0.2) is 6.23 Å². The van der Waals surface area contributed by atoms with Gasteiger partial charge in [-0.2, -0.15) is 0 Å². The van der Waals surface area contributed by atoms with Gasteiger partial charge in [-0.15, -0.1) is 0 Å². The van der Waals surface area contributed by atoms with E-state index in [9.17, 15) is 14.7 Å². The van der Waals surface area contributed by atoms with E-state index < -0.39 is 6.23 Å². The van der Waals surface area contributed by atoms with Crippen molar-refractivity contribution in [2.24, 2.45) is 0 Å². The Morgan fingerprint density at radius 1 is 1.11 bits per heavy atom. The number of anilines is 3. The molecule has 9 heteroatoms. The summed E-state index contributed by atoms with van der Waals surface area (Å²) in [7, 11) is 0. The minimum atomic E-state index is -0.901. The van der Waals surface area contributed by atoms with Crippen LogP contribution in [0.1, 0.15) is 40.3 Å². The number of nitrogens with zero attached hydrogens (tertiary/aromatic N) is 2. The van der Waals surface area contributed by atoms with Gasteiger partial charge in [-0.25, -0.2) is 0 Å². The van der Waals surface area contributed by atoms with Gasteiger partial charge in [0.2, 0.25) is 0 Å². The van der Waals surface area contributed by atoms with Gasteiger partial charge >= 0.3 is 0 Å². The third-order valence-electron chi connectivity index (χ3n) is 6.18. The molecule has 3 aromatic rings. The molecular formula is C28H30N4O5. The predicted molar refractivity (Wildman–Crippen MR) is 141 cm³/mol. The van der Waals surface area contributed by atoms with Crippen LogP contribution in [-0.4, -0.2) is 65.4 Å². The number of morpholine rings is 1. The zero-order valence-electron chi connectivity index (χ0n) is 20.8. The number of carbonyl (C=O) groups is 2. The highest BCUT2D eigenvalue weighted by atomic mass is 16.5. The van der Waals surface area contributed by atoms with E-state index in [4.69, 9.17) is 9.47 Å². The Bertz CT molecular complexity index is 1310. The molecule has 2 aliphatic rings. The minimum Gasteiger partial charge on any atom is -0.491 e. The molecular weight excluding hydrogens is 472 g/mol. The van der Waals surface area contributed by atoms with Crippen molar-refractivity contribution in [1.29, 1.82) is 0 Å². The number of nitrogens with one attached hydrogen (secondary N) is 2. The smallest absolute Gasteiger partial charge is 0.272 e. The van der Waals surface area contributed by atoms with Crippen LogP contribution in [0.3, 0.4) is 0 Å². The number of benzene rings is 2. The van der Waals surface area contributed by atoms with Crippen molar-refractivity contribution in [1.82, 2.24) is 9.88 Å². The SMILES string of the molecule is CC(C)Oc1ccc(N2c3[nH]c(C(=O)Nc4cccc(C(=O)N5CCOCC5)c4)cc3C=CC2O)cc1. The summed E-state index contributed by atoms with van der Waals surface area (Å²) < 4.78 is 11.0. The fourth-order valence-corrected chi connectivity index (χ4v) is 4.43. The van der Waals surface area contributed by atoms with Gasteiger partial charge in [-0.05, 0) is 68.5 Å². The number of hydrogen-bond donors (Lipinski definition) is 3. The molecule has 192 valence electrons. The largest absolute Gasteiger partial charge is 0.491 e. The lowest BCUT2D eigenvalue weighted by molar-refractivity contribution is 0.0303. The second kappa shape index (κ2) is 10.5. The highest BCUT2D eigenvalue weighted by Gasteiger charge is 2.26. The minimum absolute atomic E-state index is 0.0589. The summed E-state index contributed by atoms with van der Waals surface area (Å²) in [6.45, 7) is 6.07. The van der Waals surface area contributed by atoms with E-state index in [0.29, 0.717) is 49.1 Å². The maximum atomic E-state index is 13.1. The number of aliphatic hydroxyl groups is 1. The summed E-state index contributed by atoms with van der Waals surface area (Å²) in [6, 6.07) is 16.1. The Morgan fingerprint density at radius 3 is 2.59 bits per heavy atom. The number of ether oxygens (including phenoxy) is 2. The van der Waals surface area contributed by atoms with Crippen molar-refractivity contribution in [2.75, 3.05) is 36.5 Å². The first-order valence-corrected chi connectivity index (χ1v) is 12.3. The molecule has 1 atom stereocenters. The number of fused-ring (bicyclic) bond motifs is 1. The molecule has 0 saturated carbocycles. The van der Waals surface area contributed by atoms with Gasteiger partial charge < -0.3 is 29.8 Å². The first kappa shape index (κ1) is 24.6. The van der Waals surface area contributed by atoms with Crippen molar-refractivity contribution >= 4 is 35.1 Å². The molecule has 1 fully saturated rings. The molecule has 3 heterocycles. The molecule has 0 bridgehead atoms. The van der Waals surface area contributed by atoms with E-state index in [1.807, 2.05) is 38.1 Å². The maximum Gasteiger partial charge on any atom is 0.272 e. The number of hydrogen-bond acceptors (Lipinski definition) is 6. The Labute approximate surface area is 215 Å². The molecule has 37 heavy (non-hydrogen) atoms. The molecule has 0 aliphatic carbocycles.